The topological polar surface area (TPSA) is 86.3 Å². The van der Waals surface area contributed by atoms with Gasteiger partial charge in [0.25, 0.3) is 0 Å². The zero-order valence-electron chi connectivity index (χ0n) is 19.8. The van der Waals surface area contributed by atoms with Crippen LogP contribution in [0.4, 0.5) is 0 Å². The number of rotatable bonds is 14. The summed E-state index contributed by atoms with van der Waals surface area (Å²) in [6, 6.07) is 1.09. The predicted octanol–water partition coefficient (Wildman–Crippen LogP) is 3.49. The van der Waals surface area contributed by atoms with Crippen LogP contribution in [0, 0.1) is 0 Å². The standard InChI is InChI=1S/C13H28O3Si.C9H17NO3/c1-5-13(14-6-2)11-9-10-12-17(13,15-7-3)16-8-4;1-3-5-10-6-8(11)7-13-9(12)4-2/h5-12H2,1-4H3;4,8,10-11H,2-3,5-7H2,1H3. The number of aliphatic hydroxyl groups excluding tert-OH is 1. The monoisotopic (exact) mass is 447 g/mol. The SMILES string of the molecule is C=CC(=O)OCC(O)CNCCC.CCOC1(CC)CCCC[Si]1(OCC)OCC. The molecule has 2 N–H and O–H groups in total. The molecule has 2 unspecified atom stereocenters. The van der Waals surface area contributed by atoms with Gasteiger partial charge < -0.3 is 28.7 Å². The molecule has 0 aliphatic carbocycles. The number of ether oxygens (including phenoxy) is 2. The Hall–Kier alpha value is -0.773. The summed E-state index contributed by atoms with van der Waals surface area (Å²) in [4.78, 5) is 10.6. The number of nitrogens with one attached hydrogen (secondary N) is 1. The first-order chi connectivity index (χ1) is 14.4. The molecule has 8 heteroatoms. The molecule has 0 radical (unpaired) electrons. The summed E-state index contributed by atoms with van der Waals surface area (Å²) in [6.07, 6.45) is 6.02. The third kappa shape index (κ3) is 9.57. The van der Waals surface area contributed by atoms with Crippen LogP contribution in [0.1, 0.15) is 66.7 Å². The molecule has 1 fully saturated rings. The molecule has 0 bridgehead atoms. The summed E-state index contributed by atoms with van der Waals surface area (Å²) in [5.41, 5.74) is 0. The highest BCUT2D eigenvalue weighted by molar-refractivity contribution is 6.70. The van der Waals surface area contributed by atoms with E-state index in [-0.39, 0.29) is 11.8 Å². The van der Waals surface area contributed by atoms with Gasteiger partial charge in [0, 0.05) is 32.4 Å². The highest BCUT2D eigenvalue weighted by Crippen LogP contribution is 2.42. The van der Waals surface area contributed by atoms with Crippen molar-refractivity contribution in [1.29, 1.82) is 0 Å². The maximum Gasteiger partial charge on any atom is 0.371 e. The Bertz CT molecular complexity index is 449. The van der Waals surface area contributed by atoms with Crippen LogP contribution in [0.5, 0.6) is 0 Å². The zero-order valence-corrected chi connectivity index (χ0v) is 20.8. The van der Waals surface area contributed by atoms with Crippen LogP contribution in [0.2, 0.25) is 6.04 Å². The molecule has 1 heterocycles. The Balaban J connectivity index is 0.000000584. The fourth-order valence-electron chi connectivity index (χ4n) is 3.85. The number of carbonyl (C=O) groups is 1. The van der Waals surface area contributed by atoms with E-state index in [1.807, 2.05) is 6.92 Å². The van der Waals surface area contributed by atoms with Crippen molar-refractivity contribution in [3.8, 4) is 0 Å². The van der Waals surface area contributed by atoms with Crippen LogP contribution in [0.15, 0.2) is 12.7 Å². The van der Waals surface area contributed by atoms with Crippen LogP contribution in [0.3, 0.4) is 0 Å². The molecule has 0 aromatic rings. The van der Waals surface area contributed by atoms with Crippen LogP contribution in [0.25, 0.3) is 0 Å². The minimum Gasteiger partial charge on any atom is -0.460 e. The van der Waals surface area contributed by atoms with E-state index in [9.17, 15) is 9.90 Å². The third-order valence-corrected chi connectivity index (χ3v) is 9.83. The zero-order chi connectivity index (χ0) is 22.9. The molecule has 2 atom stereocenters. The van der Waals surface area contributed by atoms with Crippen molar-refractivity contribution in [2.45, 2.75) is 84.1 Å². The van der Waals surface area contributed by atoms with Gasteiger partial charge in [0.1, 0.15) is 17.9 Å². The molecule has 1 saturated heterocycles. The first-order valence-corrected chi connectivity index (χ1v) is 13.5. The second-order valence-corrected chi connectivity index (χ2v) is 10.8. The molecular weight excluding hydrogens is 402 g/mol. The van der Waals surface area contributed by atoms with Gasteiger partial charge in [0.2, 0.25) is 0 Å². The Morgan fingerprint density at radius 3 is 2.33 bits per heavy atom. The van der Waals surface area contributed by atoms with E-state index in [1.54, 1.807) is 0 Å². The largest absolute Gasteiger partial charge is 0.460 e. The van der Waals surface area contributed by atoms with Gasteiger partial charge in [-0.1, -0.05) is 33.3 Å². The highest BCUT2D eigenvalue weighted by atomic mass is 28.4. The van der Waals surface area contributed by atoms with Gasteiger partial charge in [-0.15, -0.1) is 0 Å². The van der Waals surface area contributed by atoms with Crippen LogP contribution in [-0.4, -0.2) is 70.5 Å². The summed E-state index contributed by atoms with van der Waals surface area (Å²) in [6.45, 7) is 17.2. The van der Waals surface area contributed by atoms with Gasteiger partial charge in [-0.25, -0.2) is 4.79 Å². The number of hydrogen-bond acceptors (Lipinski definition) is 7. The van der Waals surface area contributed by atoms with E-state index in [1.165, 1.54) is 12.8 Å². The minimum atomic E-state index is -2.21. The first kappa shape index (κ1) is 29.2. The lowest BCUT2D eigenvalue weighted by molar-refractivity contribution is -0.140. The molecule has 0 aromatic carbocycles. The normalized spacial score (nSPS) is 21.3. The Morgan fingerprint density at radius 1 is 1.17 bits per heavy atom. The molecule has 0 spiro atoms. The van der Waals surface area contributed by atoms with Crippen molar-refractivity contribution >= 4 is 14.5 Å². The van der Waals surface area contributed by atoms with Crippen molar-refractivity contribution in [3.63, 3.8) is 0 Å². The summed E-state index contributed by atoms with van der Waals surface area (Å²) < 4.78 is 23.1. The lowest BCUT2D eigenvalue weighted by Gasteiger charge is -2.49. The van der Waals surface area contributed by atoms with E-state index < -0.39 is 20.6 Å². The molecule has 0 aromatic heterocycles. The smallest absolute Gasteiger partial charge is 0.371 e. The summed E-state index contributed by atoms with van der Waals surface area (Å²) in [5.74, 6) is -0.505. The second-order valence-electron chi connectivity index (χ2n) is 7.30. The van der Waals surface area contributed by atoms with Crippen LogP contribution >= 0.6 is 0 Å². The lowest BCUT2D eigenvalue weighted by Crippen LogP contribution is -2.65. The molecule has 1 aliphatic rings. The van der Waals surface area contributed by atoms with Crippen molar-refractivity contribution in [2.24, 2.45) is 0 Å². The quantitative estimate of drug-likeness (QED) is 0.182. The molecule has 1 aliphatic heterocycles. The van der Waals surface area contributed by atoms with Crippen molar-refractivity contribution in [1.82, 2.24) is 5.32 Å². The van der Waals surface area contributed by atoms with Gasteiger partial charge in [0.15, 0.2) is 0 Å². The molecule has 0 amide bonds. The lowest BCUT2D eigenvalue weighted by atomic mass is 10.1. The van der Waals surface area contributed by atoms with E-state index in [4.69, 9.17) is 13.6 Å². The third-order valence-electron chi connectivity index (χ3n) is 5.17. The van der Waals surface area contributed by atoms with Gasteiger partial charge >= 0.3 is 14.5 Å². The highest BCUT2D eigenvalue weighted by Gasteiger charge is 2.58. The number of esters is 1. The minimum absolute atomic E-state index is 0.0154. The summed E-state index contributed by atoms with van der Waals surface area (Å²) >= 11 is 0. The fraction of sp³-hybridized carbons (Fsp3) is 0.864. The van der Waals surface area contributed by atoms with Gasteiger partial charge in [-0.3, -0.25) is 0 Å². The maximum absolute atomic E-state index is 10.6. The molecule has 0 saturated carbocycles. The van der Waals surface area contributed by atoms with Crippen LogP contribution < -0.4 is 5.32 Å². The number of hydrogen-bond donors (Lipinski definition) is 2. The molecule has 1 rings (SSSR count). The van der Waals surface area contributed by atoms with E-state index >= 15 is 0 Å². The molecular formula is C22H45NO6Si. The van der Waals surface area contributed by atoms with Crippen LogP contribution in [-0.2, 0) is 23.1 Å². The maximum atomic E-state index is 10.6. The Kier molecular flexibility index (Phi) is 16.4. The summed E-state index contributed by atoms with van der Waals surface area (Å²) in [5, 5.41) is 12.1. The Morgan fingerprint density at radius 2 is 1.83 bits per heavy atom. The average molecular weight is 448 g/mol. The van der Waals surface area contributed by atoms with Crippen molar-refractivity contribution in [3.05, 3.63) is 12.7 Å². The molecule has 30 heavy (non-hydrogen) atoms. The second kappa shape index (κ2) is 16.9. The summed E-state index contributed by atoms with van der Waals surface area (Å²) in [7, 11) is -2.21. The number of aliphatic hydroxyl groups is 1. The van der Waals surface area contributed by atoms with Crippen molar-refractivity contribution < 1.29 is 28.2 Å². The van der Waals surface area contributed by atoms with E-state index in [0.29, 0.717) is 6.54 Å². The van der Waals surface area contributed by atoms with E-state index in [2.05, 4.69) is 44.3 Å². The number of carbonyl (C=O) groups excluding carboxylic acids is 1. The van der Waals surface area contributed by atoms with Gasteiger partial charge in [0.05, 0.1) is 0 Å². The average Bonchev–Trinajstić information content (AvgIpc) is 2.75. The van der Waals surface area contributed by atoms with Gasteiger partial charge in [-0.05, 0) is 52.6 Å². The Labute approximate surface area is 184 Å². The van der Waals surface area contributed by atoms with Gasteiger partial charge in [-0.2, -0.15) is 0 Å². The van der Waals surface area contributed by atoms with Crippen molar-refractivity contribution in [2.75, 3.05) is 39.5 Å². The van der Waals surface area contributed by atoms with E-state index in [0.717, 1.165) is 57.7 Å². The molecule has 7 nitrogen and oxygen atoms in total. The fourth-order valence-corrected chi connectivity index (χ4v) is 8.31. The first-order valence-electron chi connectivity index (χ1n) is 11.5. The molecule has 178 valence electrons. The predicted molar refractivity (Wildman–Crippen MR) is 123 cm³/mol.